The highest BCUT2D eigenvalue weighted by Gasteiger charge is 2.32. The Morgan fingerprint density at radius 1 is 1.15 bits per heavy atom. The minimum Gasteiger partial charge on any atom is -0.383 e. The van der Waals surface area contributed by atoms with Gasteiger partial charge < -0.3 is 9.64 Å². The second kappa shape index (κ2) is 9.97. The molecule has 8 heteroatoms. The number of nitrogens with one attached hydrogen (secondary N) is 1. The normalized spacial score (nSPS) is 15.8. The van der Waals surface area contributed by atoms with Crippen molar-refractivity contribution in [2.45, 2.75) is 31.6 Å². The van der Waals surface area contributed by atoms with Crippen molar-refractivity contribution in [3.63, 3.8) is 0 Å². The van der Waals surface area contributed by atoms with Crippen molar-refractivity contribution in [2.75, 3.05) is 37.0 Å². The number of nitrogens with zero attached hydrogens (tertiary/aromatic N) is 2. The van der Waals surface area contributed by atoms with Crippen LogP contribution < -0.4 is 10.2 Å². The van der Waals surface area contributed by atoms with Gasteiger partial charge in [-0.05, 0) is 43.9 Å². The zero-order chi connectivity index (χ0) is 23.4. The SMILES string of the molecule is COC[C@@](C)(c1ccccc1)c1csc(NC(=O)c2c(F)cc(N3CCCCC3)cc2F)n1. The number of carbonyl (C=O) groups excluding carboxylic acids is 1. The van der Waals surface area contributed by atoms with Crippen molar-refractivity contribution in [2.24, 2.45) is 0 Å². The number of piperidine rings is 1. The minimum absolute atomic E-state index is 0.271. The quantitative estimate of drug-likeness (QED) is 0.486. The van der Waals surface area contributed by atoms with Gasteiger partial charge in [0.15, 0.2) is 5.13 Å². The van der Waals surface area contributed by atoms with E-state index in [-0.39, 0.29) is 5.13 Å². The van der Waals surface area contributed by atoms with Crippen molar-refractivity contribution in [1.29, 1.82) is 0 Å². The largest absolute Gasteiger partial charge is 0.383 e. The van der Waals surface area contributed by atoms with Crippen LogP contribution >= 0.6 is 11.3 Å². The highest BCUT2D eigenvalue weighted by atomic mass is 32.1. The molecular weight excluding hydrogens is 444 g/mol. The van der Waals surface area contributed by atoms with Gasteiger partial charge in [-0.3, -0.25) is 10.1 Å². The van der Waals surface area contributed by atoms with Crippen molar-refractivity contribution in [3.05, 3.63) is 76.3 Å². The highest BCUT2D eigenvalue weighted by molar-refractivity contribution is 7.14. The number of amides is 1. The first-order chi connectivity index (χ1) is 15.9. The summed E-state index contributed by atoms with van der Waals surface area (Å²) in [5.41, 5.74) is 1.05. The zero-order valence-corrected chi connectivity index (χ0v) is 19.6. The van der Waals surface area contributed by atoms with Gasteiger partial charge in [0.1, 0.15) is 17.2 Å². The summed E-state index contributed by atoms with van der Waals surface area (Å²) in [5.74, 6) is -2.61. The molecule has 1 saturated heterocycles. The molecule has 1 aromatic heterocycles. The molecule has 0 saturated carbocycles. The molecule has 0 radical (unpaired) electrons. The van der Waals surface area contributed by atoms with E-state index < -0.39 is 28.5 Å². The number of halogens is 2. The van der Waals surface area contributed by atoms with E-state index in [2.05, 4.69) is 10.3 Å². The van der Waals surface area contributed by atoms with Crippen LogP contribution in [-0.2, 0) is 10.2 Å². The van der Waals surface area contributed by atoms with Crippen molar-refractivity contribution < 1.29 is 18.3 Å². The summed E-state index contributed by atoms with van der Waals surface area (Å²) in [6, 6.07) is 12.3. The van der Waals surface area contributed by atoms with Gasteiger partial charge in [-0.2, -0.15) is 0 Å². The predicted molar refractivity (Wildman–Crippen MR) is 127 cm³/mol. The number of hydrogen-bond donors (Lipinski definition) is 1. The molecule has 1 fully saturated rings. The van der Waals surface area contributed by atoms with Gasteiger partial charge in [-0.1, -0.05) is 30.3 Å². The van der Waals surface area contributed by atoms with E-state index in [4.69, 9.17) is 4.74 Å². The first-order valence-electron chi connectivity index (χ1n) is 11.0. The number of carbonyl (C=O) groups is 1. The monoisotopic (exact) mass is 471 g/mol. The Labute approximate surface area is 196 Å². The number of methoxy groups -OCH3 is 1. The Balaban J connectivity index is 1.55. The maximum absolute atomic E-state index is 14.8. The van der Waals surface area contributed by atoms with Gasteiger partial charge >= 0.3 is 0 Å². The molecule has 5 nitrogen and oxygen atoms in total. The molecule has 3 aromatic rings. The molecule has 0 unspecified atom stereocenters. The Morgan fingerprint density at radius 3 is 2.45 bits per heavy atom. The summed E-state index contributed by atoms with van der Waals surface area (Å²) in [4.78, 5) is 19.2. The third kappa shape index (κ3) is 4.91. The van der Waals surface area contributed by atoms with E-state index in [1.54, 1.807) is 7.11 Å². The van der Waals surface area contributed by atoms with Crippen LogP contribution in [0.25, 0.3) is 0 Å². The number of anilines is 2. The summed E-state index contributed by atoms with van der Waals surface area (Å²) >= 11 is 1.21. The van der Waals surface area contributed by atoms with Crippen LogP contribution in [0.1, 0.15) is 47.8 Å². The summed E-state index contributed by atoms with van der Waals surface area (Å²) in [6.45, 7) is 3.91. The third-order valence-corrected chi connectivity index (χ3v) is 6.87. The van der Waals surface area contributed by atoms with E-state index in [1.807, 2.05) is 47.5 Å². The first-order valence-corrected chi connectivity index (χ1v) is 11.9. The molecule has 0 aliphatic carbocycles. The fraction of sp³-hybridized carbons (Fsp3) is 0.360. The van der Waals surface area contributed by atoms with Crippen molar-refractivity contribution in [1.82, 2.24) is 4.98 Å². The Bertz CT molecular complexity index is 1090. The average molecular weight is 472 g/mol. The molecule has 1 amide bonds. The molecule has 33 heavy (non-hydrogen) atoms. The topological polar surface area (TPSA) is 54.5 Å². The molecule has 2 heterocycles. The van der Waals surface area contributed by atoms with E-state index in [9.17, 15) is 13.6 Å². The molecule has 0 spiro atoms. The fourth-order valence-corrected chi connectivity index (χ4v) is 5.09. The number of rotatable bonds is 7. The lowest BCUT2D eigenvalue weighted by Gasteiger charge is -2.29. The van der Waals surface area contributed by atoms with Crippen LogP contribution in [0.4, 0.5) is 19.6 Å². The van der Waals surface area contributed by atoms with Crippen LogP contribution in [0.15, 0.2) is 47.8 Å². The van der Waals surface area contributed by atoms with Crippen LogP contribution in [0.3, 0.4) is 0 Å². The lowest BCUT2D eigenvalue weighted by Crippen LogP contribution is -2.30. The van der Waals surface area contributed by atoms with Gasteiger partial charge in [0.2, 0.25) is 0 Å². The lowest BCUT2D eigenvalue weighted by atomic mass is 9.81. The van der Waals surface area contributed by atoms with E-state index in [0.717, 1.165) is 37.9 Å². The first kappa shape index (κ1) is 23.3. The van der Waals surface area contributed by atoms with Crippen LogP contribution in [0.5, 0.6) is 0 Å². The van der Waals surface area contributed by atoms with Gasteiger partial charge in [-0.15, -0.1) is 11.3 Å². The maximum atomic E-state index is 14.8. The molecular formula is C25H27F2N3O2S. The standard InChI is InChI=1S/C25H27F2N3O2S/c1-25(16-32-2,17-9-5-3-6-10-17)21-15-33-24(28-21)29-23(31)22-19(26)13-18(14-20(22)27)30-11-7-4-8-12-30/h3,5-6,9-10,13-15H,4,7-8,11-12,16H2,1-2H3,(H,28,29,31)/t25-/m0/s1. The molecule has 1 aliphatic rings. The van der Waals surface area contributed by atoms with Crippen LogP contribution in [-0.4, -0.2) is 37.7 Å². The summed E-state index contributed by atoms with van der Waals surface area (Å²) in [5, 5.41) is 4.66. The van der Waals surface area contributed by atoms with Crippen molar-refractivity contribution in [3.8, 4) is 0 Å². The third-order valence-electron chi connectivity index (χ3n) is 6.11. The van der Waals surface area contributed by atoms with E-state index in [0.29, 0.717) is 18.0 Å². The van der Waals surface area contributed by atoms with E-state index in [1.165, 1.54) is 23.5 Å². The fourth-order valence-electron chi connectivity index (χ4n) is 4.26. The van der Waals surface area contributed by atoms with Crippen molar-refractivity contribution >= 4 is 28.1 Å². The molecule has 1 atom stereocenters. The molecule has 2 aromatic carbocycles. The second-order valence-corrected chi connectivity index (χ2v) is 9.31. The van der Waals surface area contributed by atoms with Crippen LogP contribution in [0.2, 0.25) is 0 Å². The van der Waals surface area contributed by atoms with Gasteiger partial charge in [0.05, 0.1) is 17.7 Å². The van der Waals surface area contributed by atoms with E-state index >= 15 is 0 Å². The number of hydrogen-bond acceptors (Lipinski definition) is 5. The Hall–Kier alpha value is -2.84. The Morgan fingerprint density at radius 2 is 1.82 bits per heavy atom. The number of thiazole rings is 1. The number of aromatic nitrogens is 1. The maximum Gasteiger partial charge on any atom is 0.263 e. The second-order valence-electron chi connectivity index (χ2n) is 8.46. The number of benzene rings is 2. The molecule has 4 rings (SSSR count). The Kier molecular flexibility index (Phi) is 7.05. The van der Waals surface area contributed by atoms with Gasteiger partial charge in [0, 0.05) is 31.3 Å². The number of ether oxygens (including phenoxy) is 1. The van der Waals surface area contributed by atoms with Gasteiger partial charge in [0.25, 0.3) is 5.91 Å². The summed E-state index contributed by atoms with van der Waals surface area (Å²) < 4.78 is 35.0. The predicted octanol–water partition coefficient (Wildman–Crippen LogP) is 5.62. The van der Waals surface area contributed by atoms with Gasteiger partial charge in [-0.25, -0.2) is 13.8 Å². The molecule has 1 N–H and O–H groups in total. The summed E-state index contributed by atoms with van der Waals surface area (Å²) in [7, 11) is 1.62. The minimum atomic E-state index is -0.877. The molecule has 0 bridgehead atoms. The van der Waals surface area contributed by atoms with Crippen LogP contribution in [0, 0.1) is 11.6 Å². The highest BCUT2D eigenvalue weighted by Crippen LogP contribution is 2.34. The molecule has 1 aliphatic heterocycles. The zero-order valence-electron chi connectivity index (χ0n) is 18.7. The average Bonchev–Trinajstić information content (AvgIpc) is 3.29. The molecule has 174 valence electrons. The summed E-state index contributed by atoms with van der Waals surface area (Å²) in [6.07, 6.45) is 3.09. The smallest absolute Gasteiger partial charge is 0.263 e. The lowest BCUT2D eigenvalue weighted by molar-refractivity contribution is 0.101.